The van der Waals surface area contributed by atoms with Crippen molar-refractivity contribution >= 4 is 21.8 Å². The summed E-state index contributed by atoms with van der Waals surface area (Å²) in [6, 6.07) is 3.64. The Morgan fingerprint density at radius 2 is 2.40 bits per heavy atom. The summed E-state index contributed by atoms with van der Waals surface area (Å²) in [5.41, 5.74) is 0. The van der Waals surface area contributed by atoms with Gasteiger partial charge in [-0.05, 0) is 31.9 Å². The van der Waals surface area contributed by atoms with Crippen molar-refractivity contribution < 1.29 is 9.21 Å². The minimum Gasteiger partial charge on any atom is -0.467 e. The van der Waals surface area contributed by atoms with E-state index in [0.717, 1.165) is 23.9 Å². The zero-order valence-electron chi connectivity index (χ0n) is 8.83. The van der Waals surface area contributed by atoms with Crippen LogP contribution >= 0.6 is 15.9 Å². The van der Waals surface area contributed by atoms with Crippen LogP contribution < -0.4 is 5.32 Å². The van der Waals surface area contributed by atoms with E-state index in [1.165, 1.54) is 0 Å². The van der Waals surface area contributed by atoms with Crippen LogP contribution in [0, 0.1) is 0 Å². The first-order chi connectivity index (χ1) is 7.24. The maximum Gasteiger partial charge on any atom is 0.220 e. The molecule has 4 heteroatoms. The molecule has 0 fully saturated rings. The summed E-state index contributed by atoms with van der Waals surface area (Å²) >= 11 is 3.34. The second kappa shape index (κ2) is 6.67. The molecule has 1 aromatic rings. The highest BCUT2D eigenvalue weighted by atomic mass is 79.9. The molecule has 0 saturated carbocycles. The van der Waals surface area contributed by atoms with E-state index < -0.39 is 0 Å². The van der Waals surface area contributed by atoms with Gasteiger partial charge in [-0.3, -0.25) is 4.79 Å². The summed E-state index contributed by atoms with van der Waals surface area (Å²) in [6.45, 7) is 1.92. The third kappa shape index (κ3) is 4.51. The molecule has 0 radical (unpaired) electrons. The number of alkyl halides is 1. The fraction of sp³-hybridized carbons (Fsp3) is 0.545. The third-order valence-electron chi connectivity index (χ3n) is 2.13. The van der Waals surface area contributed by atoms with E-state index in [0.29, 0.717) is 6.42 Å². The van der Waals surface area contributed by atoms with Crippen molar-refractivity contribution in [1.29, 1.82) is 0 Å². The zero-order chi connectivity index (χ0) is 11.1. The number of carbonyl (C=O) groups excluding carboxylic acids is 1. The lowest BCUT2D eigenvalue weighted by atomic mass is 10.2. The average molecular weight is 274 g/mol. The quantitative estimate of drug-likeness (QED) is 0.640. The van der Waals surface area contributed by atoms with Crippen LogP contribution in [-0.2, 0) is 4.79 Å². The molecule has 1 atom stereocenters. The van der Waals surface area contributed by atoms with Gasteiger partial charge in [0.25, 0.3) is 0 Å². The van der Waals surface area contributed by atoms with Gasteiger partial charge in [0, 0.05) is 11.8 Å². The van der Waals surface area contributed by atoms with Crippen molar-refractivity contribution in [3.05, 3.63) is 24.2 Å². The Morgan fingerprint density at radius 1 is 1.60 bits per heavy atom. The van der Waals surface area contributed by atoms with Crippen LogP contribution in [0.2, 0.25) is 0 Å². The van der Waals surface area contributed by atoms with Gasteiger partial charge < -0.3 is 9.73 Å². The molecule has 1 unspecified atom stereocenters. The molecule has 0 aliphatic heterocycles. The zero-order valence-corrected chi connectivity index (χ0v) is 10.4. The van der Waals surface area contributed by atoms with Crippen molar-refractivity contribution in [2.75, 3.05) is 5.33 Å². The van der Waals surface area contributed by atoms with Gasteiger partial charge in [0.05, 0.1) is 12.3 Å². The predicted octanol–water partition coefficient (Wildman–Crippen LogP) is 3.02. The normalized spacial score (nSPS) is 12.4. The average Bonchev–Trinajstić information content (AvgIpc) is 2.70. The van der Waals surface area contributed by atoms with Gasteiger partial charge in [0.15, 0.2) is 0 Å². The summed E-state index contributed by atoms with van der Waals surface area (Å²) in [5, 5.41) is 3.85. The van der Waals surface area contributed by atoms with Crippen molar-refractivity contribution in [3.8, 4) is 0 Å². The number of nitrogens with one attached hydrogen (secondary N) is 1. The van der Waals surface area contributed by atoms with E-state index in [1.54, 1.807) is 6.26 Å². The fourth-order valence-electron chi connectivity index (χ4n) is 1.30. The smallest absolute Gasteiger partial charge is 0.220 e. The minimum atomic E-state index is -0.0449. The number of rotatable bonds is 6. The lowest BCUT2D eigenvalue weighted by Crippen LogP contribution is -2.25. The highest BCUT2D eigenvalue weighted by Crippen LogP contribution is 2.12. The van der Waals surface area contributed by atoms with Gasteiger partial charge in [0.1, 0.15) is 5.76 Å². The minimum absolute atomic E-state index is 0.0449. The summed E-state index contributed by atoms with van der Waals surface area (Å²) in [7, 11) is 0. The molecule has 3 nitrogen and oxygen atoms in total. The van der Waals surface area contributed by atoms with Crippen molar-refractivity contribution in [2.45, 2.75) is 32.2 Å². The Kier molecular flexibility index (Phi) is 5.47. The Hall–Kier alpha value is -0.770. The van der Waals surface area contributed by atoms with Gasteiger partial charge in [-0.25, -0.2) is 0 Å². The number of furan rings is 1. The lowest BCUT2D eigenvalue weighted by Gasteiger charge is -2.10. The van der Waals surface area contributed by atoms with Crippen LogP contribution in [0.3, 0.4) is 0 Å². The summed E-state index contributed by atoms with van der Waals surface area (Å²) < 4.78 is 5.20. The van der Waals surface area contributed by atoms with Crippen molar-refractivity contribution in [2.24, 2.45) is 0 Å². The second-order valence-corrected chi connectivity index (χ2v) is 4.24. The lowest BCUT2D eigenvalue weighted by molar-refractivity contribution is -0.121. The SMILES string of the molecule is CC(NC(=O)CCCCBr)c1ccco1. The first kappa shape index (κ1) is 12.3. The Morgan fingerprint density at radius 3 is 3.00 bits per heavy atom. The Balaban J connectivity index is 2.26. The van der Waals surface area contributed by atoms with E-state index in [-0.39, 0.29) is 11.9 Å². The number of amides is 1. The second-order valence-electron chi connectivity index (χ2n) is 3.45. The molecular formula is C11H16BrNO2. The van der Waals surface area contributed by atoms with E-state index >= 15 is 0 Å². The Labute approximate surface area is 98.4 Å². The summed E-state index contributed by atoms with van der Waals surface area (Å²) in [4.78, 5) is 11.5. The van der Waals surface area contributed by atoms with Crippen LogP contribution in [0.15, 0.2) is 22.8 Å². The van der Waals surface area contributed by atoms with E-state index in [9.17, 15) is 4.79 Å². The monoisotopic (exact) mass is 273 g/mol. The molecule has 0 aromatic carbocycles. The largest absolute Gasteiger partial charge is 0.467 e. The molecule has 0 spiro atoms. The van der Waals surface area contributed by atoms with Gasteiger partial charge in [-0.1, -0.05) is 15.9 Å². The number of unbranched alkanes of at least 4 members (excludes halogenated alkanes) is 1. The summed E-state index contributed by atoms with van der Waals surface area (Å²) in [5.74, 6) is 0.878. The van der Waals surface area contributed by atoms with E-state index in [1.807, 2.05) is 19.1 Å². The highest BCUT2D eigenvalue weighted by molar-refractivity contribution is 9.09. The van der Waals surface area contributed by atoms with Crippen molar-refractivity contribution in [1.82, 2.24) is 5.32 Å². The molecule has 1 amide bonds. The van der Waals surface area contributed by atoms with Crippen LogP contribution in [-0.4, -0.2) is 11.2 Å². The van der Waals surface area contributed by atoms with Crippen LogP contribution in [0.4, 0.5) is 0 Å². The van der Waals surface area contributed by atoms with Crippen LogP contribution in [0.25, 0.3) is 0 Å². The highest BCUT2D eigenvalue weighted by Gasteiger charge is 2.10. The first-order valence-electron chi connectivity index (χ1n) is 5.12. The molecule has 15 heavy (non-hydrogen) atoms. The molecule has 84 valence electrons. The standard InChI is InChI=1S/C11H16BrNO2/c1-9(10-5-4-8-15-10)13-11(14)6-2-3-7-12/h4-5,8-9H,2-3,6-7H2,1H3,(H,13,14). The molecular weight excluding hydrogens is 258 g/mol. The molecule has 0 aliphatic rings. The maximum absolute atomic E-state index is 11.5. The number of hydrogen-bond donors (Lipinski definition) is 1. The first-order valence-corrected chi connectivity index (χ1v) is 6.25. The number of hydrogen-bond acceptors (Lipinski definition) is 2. The molecule has 0 saturated heterocycles. The fourth-order valence-corrected chi connectivity index (χ4v) is 1.70. The van der Waals surface area contributed by atoms with E-state index in [4.69, 9.17) is 4.42 Å². The van der Waals surface area contributed by atoms with Gasteiger partial charge in [-0.15, -0.1) is 0 Å². The van der Waals surface area contributed by atoms with Gasteiger partial charge in [-0.2, -0.15) is 0 Å². The topological polar surface area (TPSA) is 42.2 Å². The molecule has 1 heterocycles. The van der Waals surface area contributed by atoms with Crippen molar-refractivity contribution in [3.63, 3.8) is 0 Å². The summed E-state index contributed by atoms with van der Waals surface area (Å²) in [6.07, 6.45) is 4.14. The van der Waals surface area contributed by atoms with Crippen LogP contribution in [0.5, 0.6) is 0 Å². The maximum atomic E-state index is 11.5. The van der Waals surface area contributed by atoms with Gasteiger partial charge >= 0.3 is 0 Å². The molecule has 0 bridgehead atoms. The Bertz CT molecular complexity index is 285. The molecule has 0 aliphatic carbocycles. The van der Waals surface area contributed by atoms with Gasteiger partial charge in [0.2, 0.25) is 5.91 Å². The molecule has 1 aromatic heterocycles. The number of carbonyl (C=O) groups is 1. The van der Waals surface area contributed by atoms with E-state index in [2.05, 4.69) is 21.2 Å². The third-order valence-corrected chi connectivity index (χ3v) is 2.70. The molecule has 1 N–H and O–H groups in total. The van der Waals surface area contributed by atoms with Crippen LogP contribution in [0.1, 0.15) is 38.0 Å². The number of halogens is 1. The molecule has 1 rings (SSSR count). The predicted molar refractivity (Wildman–Crippen MR) is 62.9 cm³/mol.